The van der Waals surface area contributed by atoms with Gasteiger partial charge in [0.25, 0.3) is 5.91 Å². The van der Waals surface area contributed by atoms with E-state index in [0.29, 0.717) is 0 Å². The third-order valence-corrected chi connectivity index (χ3v) is 6.94. The zero-order chi connectivity index (χ0) is 17.8. The minimum atomic E-state index is 0.0287. The highest BCUT2D eigenvalue weighted by molar-refractivity contribution is 7.98. The van der Waals surface area contributed by atoms with Crippen LogP contribution >= 0.6 is 23.1 Å². The molecule has 4 heteroatoms. The van der Waals surface area contributed by atoms with Gasteiger partial charge >= 0.3 is 0 Å². The Bertz CT molecular complexity index is 889. The fourth-order valence-electron chi connectivity index (χ4n) is 3.46. The maximum atomic E-state index is 13.0. The molecule has 1 aromatic heterocycles. The second-order valence-electron chi connectivity index (χ2n) is 6.48. The Balaban J connectivity index is 1.50. The molecule has 0 saturated carbocycles. The molecule has 0 spiro atoms. The molecule has 26 heavy (non-hydrogen) atoms. The van der Waals surface area contributed by atoms with Crippen molar-refractivity contribution in [3.05, 3.63) is 87.6 Å². The number of carbonyl (C=O) groups excluding carboxylic acids is 1. The lowest BCUT2D eigenvalue weighted by molar-refractivity contribution is 0.0930. The SMILES string of the molecule is O=C(NC1CCCc2ccccc21)c1ccccc1SCc1cccs1. The van der Waals surface area contributed by atoms with Gasteiger partial charge in [0.1, 0.15) is 0 Å². The second-order valence-corrected chi connectivity index (χ2v) is 8.53. The second kappa shape index (κ2) is 8.11. The summed E-state index contributed by atoms with van der Waals surface area (Å²) in [5.74, 6) is 0.926. The summed E-state index contributed by atoms with van der Waals surface area (Å²) in [6.45, 7) is 0. The highest BCUT2D eigenvalue weighted by Crippen LogP contribution is 2.31. The number of carbonyl (C=O) groups is 1. The molecule has 0 bridgehead atoms. The lowest BCUT2D eigenvalue weighted by Gasteiger charge is -2.26. The number of rotatable bonds is 5. The summed E-state index contributed by atoms with van der Waals surface area (Å²) in [5.41, 5.74) is 3.41. The van der Waals surface area contributed by atoms with Crippen LogP contribution in [0.25, 0.3) is 0 Å². The van der Waals surface area contributed by atoms with Crippen molar-refractivity contribution in [2.75, 3.05) is 0 Å². The van der Waals surface area contributed by atoms with Crippen LogP contribution in [0.4, 0.5) is 0 Å². The van der Waals surface area contributed by atoms with Crippen LogP contribution in [0, 0.1) is 0 Å². The van der Waals surface area contributed by atoms with E-state index in [9.17, 15) is 4.79 Å². The lowest BCUT2D eigenvalue weighted by Crippen LogP contribution is -2.31. The molecule has 0 radical (unpaired) electrons. The van der Waals surface area contributed by atoms with Gasteiger partial charge in [0.05, 0.1) is 11.6 Å². The monoisotopic (exact) mass is 379 g/mol. The maximum absolute atomic E-state index is 13.0. The summed E-state index contributed by atoms with van der Waals surface area (Å²) in [6.07, 6.45) is 3.24. The summed E-state index contributed by atoms with van der Waals surface area (Å²) in [4.78, 5) is 15.4. The van der Waals surface area contributed by atoms with Crippen molar-refractivity contribution in [3.8, 4) is 0 Å². The molecular formula is C22H21NOS2. The van der Waals surface area contributed by atoms with Crippen molar-refractivity contribution in [2.45, 2.75) is 36.0 Å². The minimum Gasteiger partial charge on any atom is -0.345 e. The molecule has 0 aliphatic heterocycles. The number of fused-ring (bicyclic) bond motifs is 1. The van der Waals surface area contributed by atoms with E-state index in [2.05, 4.69) is 47.1 Å². The Morgan fingerprint density at radius 3 is 2.81 bits per heavy atom. The van der Waals surface area contributed by atoms with Crippen LogP contribution in [0.1, 0.15) is 45.2 Å². The van der Waals surface area contributed by atoms with Crippen LogP contribution in [0.5, 0.6) is 0 Å². The van der Waals surface area contributed by atoms with Crippen molar-refractivity contribution in [2.24, 2.45) is 0 Å². The Morgan fingerprint density at radius 2 is 1.92 bits per heavy atom. The van der Waals surface area contributed by atoms with Crippen LogP contribution in [0.2, 0.25) is 0 Å². The molecule has 1 heterocycles. The summed E-state index contributed by atoms with van der Waals surface area (Å²) in [7, 11) is 0. The third-order valence-electron chi connectivity index (χ3n) is 4.76. The molecule has 4 rings (SSSR count). The van der Waals surface area contributed by atoms with E-state index in [1.54, 1.807) is 23.1 Å². The molecule has 2 nitrogen and oxygen atoms in total. The van der Waals surface area contributed by atoms with Gasteiger partial charge in [-0.05, 0) is 54.0 Å². The van der Waals surface area contributed by atoms with Gasteiger partial charge in [-0.15, -0.1) is 23.1 Å². The largest absolute Gasteiger partial charge is 0.345 e. The number of thiophene rings is 1. The van der Waals surface area contributed by atoms with Crippen LogP contribution in [-0.4, -0.2) is 5.91 Å². The van der Waals surface area contributed by atoms with E-state index in [1.165, 1.54) is 16.0 Å². The van der Waals surface area contributed by atoms with Gasteiger partial charge in [-0.2, -0.15) is 0 Å². The molecule has 2 aromatic carbocycles. The zero-order valence-corrected chi connectivity index (χ0v) is 16.1. The van der Waals surface area contributed by atoms with Gasteiger partial charge in [-0.3, -0.25) is 4.79 Å². The molecule has 1 aliphatic rings. The summed E-state index contributed by atoms with van der Waals surface area (Å²) < 4.78 is 0. The Morgan fingerprint density at radius 1 is 1.08 bits per heavy atom. The number of hydrogen-bond donors (Lipinski definition) is 1. The van der Waals surface area contributed by atoms with Gasteiger partial charge in [0.2, 0.25) is 0 Å². The van der Waals surface area contributed by atoms with Crippen molar-refractivity contribution >= 4 is 29.0 Å². The molecule has 0 saturated heterocycles. The van der Waals surface area contributed by atoms with Crippen molar-refractivity contribution in [1.29, 1.82) is 0 Å². The van der Waals surface area contributed by atoms with Gasteiger partial charge in [0, 0.05) is 15.5 Å². The first-order chi connectivity index (χ1) is 12.8. The molecule has 1 atom stereocenters. The Labute approximate surface area is 162 Å². The number of aryl methyl sites for hydroxylation is 1. The molecule has 1 aliphatic carbocycles. The minimum absolute atomic E-state index is 0.0287. The average Bonchev–Trinajstić information content (AvgIpc) is 3.20. The zero-order valence-electron chi connectivity index (χ0n) is 14.5. The molecule has 0 fully saturated rings. The van der Waals surface area contributed by atoms with E-state index >= 15 is 0 Å². The van der Waals surface area contributed by atoms with Gasteiger partial charge in [0.15, 0.2) is 0 Å². The molecule has 1 N–H and O–H groups in total. The van der Waals surface area contributed by atoms with E-state index in [4.69, 9.17) is 0 Å². The quantitative estimate of drug-likeness (QED) is 0.564. The lowest BCUT2D eigenvalue weighted by atomic mass is 9.87. The molecule has 3 aromatic rings. The van der Waals surface area contributed by atoms with Crippen LogP contribution in [0.3, 0.4) is 0 Å². The highest BCUT2D eigenvalue weighted by Gasteiger charge is 2.22. The van der Waals surface area contributed by atoms with Gasteiger partial charge in [-0.25, -0.2) is 0 Å². The standard InChI is InChI=1S/C22H21NOS2/c24-22(23-20-12-5-8-16-7-1-2-10-18(16)20)19-11-3-4-13-21(19)26-15-17-9-6-14-25-17/h1-4,6-7,9-11,13-14,20H,5,8,12,15H2,(H,23,24). The Hall–Kier alpha value is -2.04. The normalized spacial score (nSPS) is 16.1. The van der Waals surface area contributed by atoms with E-state index in [1.807, 2.05) is 24.3 Å². The van der Waals surface area contributed by atoms with E-state index < -0.39 is 0 Å². The summed E-state index contributed by atoms with van der Waals surface area (Å²) >= 11 is 3.49. The average molecular weight is 380 g/mol. The Kier molecular flexibility index (Phi) is 5.42. The first kappa shape index (κ1) is 17.4. The number of thioether (sulfide) groups is 1. The number of nitrogens with one attached hydrogen (secondary N) is 1. The maximum Gasteiger partial charge on any atom is 0.252 e. The van der Waals surface area contributed by atoms with E-state index in [-0.39, 0.29) is 11.9 Å². The molecule has 132 valence electrons. The van der Waals surface area contributed by atoms with Crippen molar-refractivity contribution in [3.63, 3.8) is 0 Å². The summed E-state index contributed by atoms with van der Waals surface area (Å²) in [5, 5.41) is 5.37. The predicted octanol–water partition coefficient (Wildman–Crippen LogP) is 5.85. The summed E-state index contributed by atoms with van der Waals surface area (Å²) in [6, 6.07) is 20.7. The number of benzene rings is 2. The van der Waals surface area contributed by atoms with Crippen molar-refractivity contribution < 1.29 is 4.79 Å². The third kappa shape index (κ3) is 3.87. The molecule has 1 amide bonds. The first-order valence-electron chi connectivity index (χ1n) is 8.94. The van der Waals surface area contributed by atoms with Crippen LogP contribution in [0.15, 0.2) is 70.9 Å². The van der Waals surface area contributed by atoms with E-state index in [0.717, 1.165) is 35.5 Å². The van der Waals surface area contributed by atoms with Crippen LogP contribution < -0.4 is 5.32 Å². The molecule has 1 unspecified atom stereocenters. The highest BCUT2D eigenvalue weighted by atomic mass is 32.2. The number of hydrogen-bond acceptors (Lipinski definition) is 3. The van der Waals surface area contributed by atoms with Gasteiger partial charge in [-0.1, -0.05) is 42.5 Å². The topological polar surface area (TPSA) is 29.1 Å². The predicted molar refractivity (Wildman–Crippen MR) is 110 cm³/mol. The first-order valence-corrected chi connectivity index (χ1v) is 10.8. The van der Waals surface area contributed by atoms with Crippen LogP contribution in [-0.2, 0) is 12.2 Å². The fourth-order valence-corrected chi connectivity index (χ4v) is 5.29. The van der Waals surface area contributed by atoms with Gasteiger partial charge < -0.3 is 5.32 Å². The fraction of sp³-hybridized carbons (Fsp3) is 0.227. The smallest absolute Gasteiger partial charge is 0.252 e. The number of amides is 1. The van der Waals surface area contributed by atoms with Crippen molar-refractivity contribution in [1.82, 2.24) is 5.32 Å². The molecular weight excluding hydrogens is 358 g/mol.